The van der Waals surface area contributed by atoms with E-state index in [0.717, 1.165) is 27.7 Å². The zero-order chi connectivity index (χ0) is 30.1. The average Bonchev–Trinajstić information content (AvgIpc) is 3.43. The van der Waals surface area contributed by atoms with E-state index >= 15 is 0 Å². The molecule has 7 N–H and O–H groups in total. The van der Waals surface area contributed by atoms with Gasteiger partial charge >= 0.3 is 0 Å². The number of aliphatic hydroxyl groups excluding tert-OH is 1. The third kappa shape index (κ3) is 8.25. The van der Waals surface area contributed by atoms with Gasteiger partial charge in [0.25, 0.3) is 0 Å². The fourth-order valence-corrected chi connectivity index (χ4v) is 4.73. The summed E-state index contributed by atoms with van der Waals surface area (Å²) in [7, 11) is 0. The molecular formula is C32H38N6O4. The molecule has 0 bridgehead atoms. The van der Waals surface area contributed by atoms with E-state index in [2.05, 4.69) is 25.9 Å². The van der Waals surface area contributed by atoms with Gasteiger partial charge in [-0.25, -0.2) is 0 Å². The summed E-state index contributed by atoms with van der Waals surface area (Å²) < 4.78 is 0. The Labute approximate surface area is 245 Å². The minimum atomic E-state index is -1.02. The molecule has 0 saturated heterocycles. The second-order valence-corrected chi connectivity index (χ2v) is 10.5. The number of nitrogens with zero attached hydrogens (tertiary/aromatic N) is 1. The fourth-order valence-electron chi connectivity index (χ4n) is 4.73. The molecule has 10 heteroatoms. The van der Waals surface area contributed by atoms with Crippen molar-refractivity contribution >= 4 is 28.6 Å². The van der Waals surface area contributed by atoms with E-state index in [1.807, 2.05) is 72.8 Å². The highest BCUT2D eigenvalue weighted by molar-refractivity contribution is 5.89. The van der Waals surface area contributed by atoms with Gasteiger partial charge in [-0.2, -0.15) is 0 Å². The number of aromatic nitrogens is 2. The molecule has 2 aromatic carbocycles. The Morgan fingerprint density at radius 1 is 0.905 bits per heavy atom. The van der Waals surface area contributed by atoms with Crippen LogP contribution in [0.15, 0.2) is 85.2 Å². The number of hydrogen-bond acceptors (Lipinski definition) is 6. The lowest BCUT2D eigenvalue weighted by Crippen LogP contribution is -2.54. The number of carbonyl (C=O) groups excluding carboxylic acids is 3. The molecule has 2 heterocycles. The first-order valence-electron chi connectivity index (χ1n) is 14.1. The number of nitrogens with two attached hydrogens (primary N) is 1. The number of aromatic amines is 1. The number of hydrogen-bond donors (Lipinski definition) is 6. The van der Waals surface area contributed by atoms with Gasteiger partial charge in [0, 0.05) is 30.0 Å². The molecule has 1 unspecified atom stereocenters. The standard InChI is InChI=1S/C32H38N6O4/c1-20(33)31(41)35-21(2)32(42)37-26(18-22-8-4-3-5-9-22)28(39)12-13-29(40)38-30(23-14-16-34-17-15-23)27-19-24-10-6-7-11-25(24)36-27/h3-11,14-17,19-21,26,28,30,36,39H,12-13,18,33H2,1-2H3,(H,35,41)(H,37,42)(H,38,40)/t20-,21-,26-,28-,30?/m0/s1. The molecule has 4 aromatic rings. The van der Waals surface area contributed by atoms with Crippen LogP contribution < -0.4 is 21.7 Å². The summed E-state index contributed by atoms with van der Waals surface area (Å²) in [4.78, 5) is 45.6. The molecule has 0 aliphatic rings. The van der Waals surface area contributed by atoms with Crippen LogP contribution in [0, 0.1) is 0 Å². The molecule has 0 saturated carbocycles. The van der Waals surface area contributed by atoms with Crippen molar-refractivity contribution in [2.24, 2.45) is 5.73 Å². The maximum absolute atomic E-state index is 13.2. The van der Waals surface area contributed by atoms with Crippen molar-refractivity contribution in [3.8, 4) is 0 Å². The molecule has 0 spiro atoms. The zero-order valence-electron chi connectivity index (χ0n) is 23.8. The maximum atomic E-state index is 13.2. The van der Waals surface area contributed by atoms with Crippen molar-refractivity contribution in [2.45, 2.75) is 63.4 Å². The van der Waals surface area contributed by atoms with E-state index in [1.54, 1.807) is 19.3 Å². The Morgan fingerprint density at radius 2 is 1.60 bits per heavy atom. The molecule has 4 rings (SSSR count). The van der Waals surface area contributed by atoms with E-state index in [-0.39, 0.29) is 18.7 Å². The lowest BCUT2D eigenvalue weighted by atomic mass is 9.97. The molecule has 0 aliphatic heterocycles. The van der Waals surface area contributed by atoms with Crippen LogP contribution in [-0.4, -0.2) is 57.0 Å². The number of H-pyrrole nitrogens is 1. The summed E-state index contributed by atoms with van der Waals surface area (Å²) in [6.07, 6.45) is 2.81. The van der Waals surface area contributed by atoms with Gasteiger partial charge in [0.1, 0.15) is 6.04 Å². The molecule has 2 aromatic heterocycles. The van der Waals surface area contributed by atoms with Gasteiger partial charge in [0.05, 0.1) is 24.2 Å². The Balaban J connectivity index is 1.44. The smallest absolute Gasteiger partial charge is 0.242 e. The van der Waals surface area contributed by atoms with Crippen LogP contribution in [0.5, 0.6) is 0 Å². The number of carbonyl (C=O) groups is 3. The first-order valence-corrected chi connectivity index (χ1v) is 14.1. The highest BCUT2D eigenvalue weighted by Crippen LogP contribution is 2.25. The van der Waals surface area contributed by atoms with E-state index in [0.29, 0.717) is 6.42 Å². The largest absolute Gasteiger partial charge is 0.391 e. The number of aliphatic hydroxyl groups is 1. The van der Waals surface area contributed by atoms with Gasteiger partial charge in [0.15, 0.2) is 0 Å². The SMILES string of the molecule is C[C@H](N)C(=O)N[C@@H](C)C(=O)N[C@@H](Cc1ccccc1)[C@@H](O)CCC(=O)NC(c1ccncc1)c1cc2ccccc2[nH]1. The van der Waals surface area contributed by atoms with E-state index in [1.165, 1.54) is 6.92 Å². The number of benzene rings is 2. The first kappa shape index (κ1) is 30.4. The maximum Gasteiger partial charge on any atom is 0.242 e. The van der Waals surface area contributed by atoms with Crippen molar-refractivity contribution in [3.63, 3.8) is 0 Å². The van der Waals surface area contributed by atoms with E-state index in [4.69, 9.17) is 5.73 Å². The minimum absolute atomic E-state index is 0.0289. The second-order valence-electron chi connectivity index (χ2n) is 10.5. The van der Waals surface area contributed by atoms with Crippen LogP contribution in [0.4, 0.5) is 0 Å². The summed E-state index contributed by atoms with van der Waals surface area (Å²) >= 11 is 0. The van der Waals surface area contributed by atoms with Gasteiger partial charge in [-0.1, -0.05) is 48.5 Å². The Morgan fingerprint density at radius 3 is 2.29 bits per heavy atom. The van der Waals surface area contributed by atoms with Crippen molar-refractivity contribution in [1.29, 1.82) is 0 Å². The summed E-state index contributed by atoms with van der Waals surface area (Å²) in [6.45, 7) is 3.09. The van der Waals surface area contributed by atoms with Crippen molar-refractivity contribution in [2.75, 3.05) is 0 Å². The summed E-state index contributed by atoms with van der Waals surface area (Å²) in [5.41, 5.74) is 9.17. The third-order valence-corrected chi connectivity index (χ3v) is 7.13. The van der Waals surface area contributed by atoms with Gasteiger partial charge < -0.3 is 31.8 Å². The van der Waals surface area contributed by atoms with Crippen LogP contribution in [0.3, 0.4) is 0 Å². The molecule has 42 heavy (non-hydrogen) atoms. The Kier molecular flexibility index (Phi) is 10.4. The van der Waals surface area contributed by atoms with Crippen molar-refractivity contribution in [3.05, 3.63) is 102 Å². The Hall–Kier alpha value is -4.54. The number of amides is 3. The van der Waals surface area contributed by atoms with Gasteiger partial charge in [-0.05, 0) is 67.5 Å². The molecule has 0 radical (unpaired) electrons. The number of fused-ring (bicyclic) bond motifs is 1. The highest BCUT2D eigenvalue weighted by Gasteiger charge is 2.27. The fraction of sp³-hybridized carbons (Fsp3) is 0.312. The summed E-state index contributed by atoms with van der Waals surface area (Å²) in [5, 5.41) is 20.7. The van der Waals surface area contributed by atoms with Crippen LogP contribution in [0.25, 0.3) is 10.9 Å². The van der Waals surface area contributed by atoms with E-state index in [9.17, 15) is 19.5 Å². The molecule has 5 atom stereocenters. The number of para-hydroxylation sites is 1. The molecule has 3 amide bonds. The third-order valence-electron chi connectivity index (χ3n) is 7.13. The lowest BCUT2D eigenvalue weighted by Gasteiger charge is -2.26. The number of rotatable bonds is 13. The average molecular weight is 571 g/mol. The van der Waals surface area contributed by atoms with Gasteiger partial charge in [-0.15, -0.1) is 0 Å². The van der Waals surface area contributed by atoms with Gasteiger partial charge in [0.2, 0.25) is 17.7 Å². The normalized spacial score (nSPS) is 14.8. The number of nitrogens with one attached hydrogen (secondary N) is 4. The summed E-state index contributed by atoms with van der Waals surface area (Å²) in [5.74, 6) is -1.16. The topological polar surface area (TPSA) is 162 Å². The predicted molar refractivity (Wildman–Crippen MR) is 161 cm³/mol. The summed E-state index contributed by atoms with van der Waals surface area (Å²) in [6, 6.07) is 20.3. The highest BCUT2D eigenvalue weighted by atomic mass is 16.3. The second kappa shape index (κ2) is 14.4. The van der Waals surface area contributed by atoms with Crippen LogP contribution in [-0.2, 0) is 20.8 Å². The van der Waals surface area contributed by atoms with Crippen LogP contribution >= 0.6 is 0 Å². The molecule has 0 aliphatic carbocycles. The molecule has 220 valence electrons. The molecule has 10 nitrogen and oxygen atoms in total. The van der Waals surface area contributed by atoms with Crippen molar-refractivity contribution < 1.29 is 19.5 Å². The zero-order valence-corrected chi connectivity index (χ0v) is 23.8. The number of pyridine rings is 1. The molecule has 0 fully saturated rings. The molecular weight excluding hydrogens is 532 g/mol. The van der Waals surface area contributed by atoms with Crippen molar-refractivity contribution in [1.82, 2.24) is 25.9 Å². The van der Waals surface area contributed by atoms with Crippen LogP contribution in [0.2, 0.25) is 0 Å². The Bertz CT molecular complexity index is 1440. The lowest BCUT2D eigenvalue weighted by molar-refractivity contribution is -0.130. The first-order chi connectivity index (χ1) is 20.2. The monoisotopic (exact) mass is 570 g/mol. The van der Waals surface area contributed by atoms with Crippen LogP contribution in [0.1, 0.15) is 49.6 Å². The van der Waals surface area contributed by atoms with Gasteiger partial charge in [-0.3, -0.25) is 19.4 Å². The predicted octanol–water partition coefficient (Wildman–Crippen LogP) is 2.49. The quantitative estimate of drug-likeness (QED) is 0.145. The minimum Gasteiger partial charge on any atom is -0.391 e. The van der Waals surface area contributed by atoms with E-state index < -0.39 is 42.1 Å².